The Bertz CT molecular complexity index is 1130. The van der Waals surface area contributed by atoms with Crippen LogP contribution in [0.15, 0.2) is 42.4 Å². The molecule has 28 heavy (non-hydrogen) atoms. The number of carboxylic acids is 1. The summed E-state index contributed by atoms with van der Waals surface area (Å²) in [5.74, 6) is -0.625. The molecular formula is C19H14Br2O7. The predicted molar refractivity (Wildman–Crippen MR) is 110 cm³/mol. The lowest BCUT2D eigenvalue weighted by Crippen LogP contribution is -2.10. The van der Waals surface area contributed by atoms with Gasteiger partial charge in [0.1, 0.15) is 5.75 Å². The minimum atomic E-state index is -1.37. The molecule has 9 heteroatoms. The number of fused-ring (bicyclic) bond motifs is 1. The Labute approximate surface area is 176 Å². The predicted octanol–water partition coefficient (Wildman–Crippen LogP) is 4.71. The van der Waals surface area contributed by atoms with Crippen LogP contribution in [-0.2, 0) is 0 Å². The molecule has 0 radical (unpaired) electrons. The average molecular weight is 514 g/mol. The summed E-state index contributed by atoms with van der Waals surface area (Å²) >= 11 is 6.81. The van der Waals surface area contributed by atoms with Gasteiger partial charge in [-0.2, -0.15) is 0 Å². The highest BCUT2D eigenvalue weighted by Crippen LogP contribution is 2.42. The topological polar surface area (TPSA) is 95.2 Å². The third-order valence-electron chi connectivity index (χ3n) is 4.12. The first-order chi connectivity index (χ1) is 13.3. The van der Waals surface area contributed by atoms with Crippen LogP contribution in [0.1, 0.15) is 10.6 Å². The van der Waals surface area contributed by atoms with E-state index >= 15 is 0 Å². The van der Waals surface area contributed by atoms with Gasteiger partial charge in [0.25, 0.3) is 0 Å². The molecule has 3 aromatic rings. The van der Waals surface area contributed by atoms with E-state index < -0.39 is 17.4 Å². The van der Waals surface area contributed by atoms with Crippen molar-refractivity contribution >= 4 is 48.6 Å². The normalized spacial score (nSPS) is 10.8. The molecule has 0 aliphatic rings. The highest BCUT2D eigenvalue weighted by molar-refractivity contribution is 9.11. The van der Waals surface area contributed by atoms with Crippen LogP contribution in [0.5, 0.6) is 17.2 Å². The molecular weight excluding hydrogens is 500 g/mol. The van der Waals surface area contributed by atoms with Crippen molar-refractivity contribution < 1.29 is 28.5 Å². The van der Waals surface area contributed by atoms with E-state index in [1.165, 1.54) is 27.4 Å². The van der Waals surface area contributed by atoms with Crippen molar-refractivity contribution in [1.29, 1.82) is 0 Å². The molecule has 2 aromatic carbocycles. The third kappa shape index (κ3) is 3.35. The summed E-state index contributed by atoms with van der Waals surface area (Å²) in [6.07, 6.45) is 0. The Hall–Kier alpha value is -2.52. The Morgan fingerprint density at radius 2 is 1.46 bits per heavy atom. The van der Waals surface area contributed by atoms with E-state index in [-0.39, 0.29) is 10.9 Å². The van der Waals surface area contributed by atoms with E-state index in [9.17, 15) is 14.7 Å². The summed E-state index contributed by atoms with van der Waals surface area (Å²) in [5, 5.41) is 10.2. The largest absolute Gasteiger partial charge is 0.494 e. The molecule has 1 aromatic heterocycles. The van der Waals surface area contributed by atoms with E-state index in [0.717, 1.165) is 0 Å². The molecule has 0 aliphatic carbocycles. The molecule has 146 valence electrons. The number of aromatic carboxylic acids is 1. The van der Waals surface area contributed by atoms with Crippen molar-refractivity contribution in [3.8, 4) is 28.4 Å². The third-order valence-corrected chi connectivity index (χ3v) is 5.30. The second-order valence-electron chi connectivity index (χ2n) is 5.62. The first-order valence-electron chi connectivity index (χ1n) is 7.81. The lowest BCUT2D eigenvalue weighted by atomic mass is 9.97. The Balaban J connectivity index is 2.50. The van der Waals surface area contributed by atoms with Gasteiger partial charge in [0.2, 0.25) is 5.76 Å². The van der Waals surface area contributed by atoms with Crippen LogP contribution in [0.25, 0.3) is 21.9 Å². The number of carboxylic acid groups (broad SMARTS) is 1. The van der Waals surface area contributed by atoms with Crippen LogP contribution < -0.4 is 19.8 Å². The summed E-state index contributed by atoms with van der Waals surface area (Å²) in [5.41, 5.74) is -0.0613. The van der Waals surface area contributed by atoms with Gasteiger partial charge in [-0.3, -0.25) is 0 Å². The number of benzene rings is 2. The van der Waals surface area contributed by atoms with E-state index in [4.69, 9.17) is 18.6 Å². The van der Waals surface area contributed by atoms with Gasteiger partial charge in [0.05, 0.1) is 35.7 Å². The summed E-state index contributed by atoms with van der Waals surface area (Å²) in [6, 6.07) is 6.38. The summed E-state index contributed by atoms with van der Waals surface area (Å²) < 4.78 is 22.2. The molecule has 0 aliphatic heterocycles. The molecule has 0 atom stereocenters. The van der Waals surface area contributed by atoms with Crippen molar-refractivity contribution in [3.05, 3.63) is 49.4 Å². The maximum atomic E-state index is 12.4. The molecule has 1 N–H and O–H groups in total. The van der Waals surface area contributed by atoms with Crippen molar-refractivity contribution in [2.45, 2.75) is 0 Å². The second kappa shape index (κ2) is 7.84. The van der Waals surface area contributed by atoms with Gasteiger partial charge in [-0.25, -0.2) is 9.59 Å². The summed E-state index contributed by atoms with van der Waals surface area (Å²) in [6.45, 7) is 0. The van der Waals surface area contributed by atoms with Crippen LogP contribution >= 0.6 is 31.9 Å². The fourth-order valence-corrected chi connectivity index (χ4v) is 4.42. The zero-order chi connectivity index (χ0) is 20.6. The van der Waals surface area contributed by atoms with Crippen LogP contribution in [0.2, 0.25) is 0 Å². The minimum absolute atomic E-state index is 0.167. The maximum absolute atomic E-state index is 12.4. The van der Waals surface area contributed by atoms with Crippen molar-refractivity contribution in [3.63, 3.8) is 0 Å². The number of halogens is 2. The lowest BCUT2D eigenvalue weighted by Gasteiger charge is -2.14. The van der Waals surface area contributed by atoms with Crippen LogP contribution in [0, 0.1) is 0 Å². The fraction of sp³-hybridized carbons (Fsp3) is 0.158. The van der Waals surface area contributed by atoms with E-state index in [1.54, 1.807) is 18.2 Å². The van der Waals surface area contributed by atoms with Crippen molar-refractivity contribution in [2.24, 2.45) is 0 Å². The summed E-state index contributed by atoms with van der Waals surface area (Å²) in [7, 11) is 4.41. The molecule has 0 saturated heterocycles. The Kier molecular flexibility index (Phi) is 5.66. The van der Waals surface area contributed by atoms with Crippen LogP contribution in [0.4, 0.5) is 0 Å². The van der Waals surface area contributed by atoms with E-state index in [2.05, 4.69) is 31.9 Å². The van der Waals surface area contributed by atoms with Crippen LogP contribution in [0.3, 0.4) is 0 Å². The van der Waals surface area contributed by atoms with Gasteiger partial charge in [0.15, 0.2) is 11.5 Å². The van der Waals surface area contributed by atoms with Crippen molar-refractivity contribution in [2.75, 3.05) is 21.3 Å². The molecule has 7 nitrogen and oxygen atoms in total. The Morgan fingerprint density at radius 3 is 1.93 bits per heavy atom. The number of ether oxygens (including phenoxy) is 3. The smallest absolute Gasteiger partial charge is 0.372 e. The minimum Gasteiger partial charge on any atom is -0.494 e. The lowest BCUT2D eigenvalue weighted by molar-refractivity contribution is 0.0659. The van der Waals surface area contributed by atoms with Gasteiger partial charge in [-0.05, 0) is 61.7 Å². The number of hydrogen-bond acceptors (Lipinski definition) is 6. The van der Waals surface area contributed by atoms with Gasteiger partial charge >= 0.3 is 11.6 Å². The van der Waals surface area contributed by atoms with Gasteiger partial charge in [-0.1, -0.05) is 0 Å². The zero-order valence-electron chi connectivity index (χ0n) is 15.0. The molecule has 0 amide bonds. The van der Waals surface area contributed by atoms with Gasteiger partial charge < -0.3 is 23.7 Å². The molecule has 0 spiro atoms. The second-order valence-corrected chi connectivity index (χ2v) is 7.33. The van der Waals surface area contributed by atoms with E-state index in [1.807, 2.05) is 0 Å². The summed E-state index contributed by atoms with van der Waals surface area (Å²) in [4.78, 5) is 24.2. The van der Waals surface area contributed by atoms with Crippen molar-refractivity contribution in [1.82, 2.24) is 0 Å². The SMILES string of the molecule is COc1cc2c(-c3cc(Br)c(OC)c(Br)c3)c(C(=O)O)oc(=O)c2cc1OC. The average Bonchev–Trinajstić information content (AvgIpc) is 2.66. The molecule has 0 bridgehead atoms. The monoisotopic (exact) mass is 512 g/mol. The molecule has 0 fully saturated rings. The van der Waals surface area contributed by atoms with E-state index in [0.29, 0.717) is 37.1 Å². The first kappa shape index (κ1) is 20.2. The molecule has 0 unspecified atom stereocenters. The number of rotatable bonds is 5. The maximum Gasteiger partial charge on any atom is 0.372 e. The fourth-order valence-electron chi connectivity index (χ4n) is 2.91. The number of methoxy groups -OCH3 is 3. The quantitative estimate of drug-likeness (QED) is 0.527. The Morgan fingerprint density at radius 1 is 0.929 bits per heavy atom. The van der Waals surface area contributed by atoms with Gasteiger partial charge in [0, 0.05) is 10.9 Å². The standard InChI is InChI=1S/C19H14Br2O7/c1-25-13-6-9-10(7-14(13)26-2)19(24)28-17(18(22)23)15(9)8-4-11(20)16(27-3)12(21)5-8/h4-7H,1-3H3,(H,22,23). The first-order valence-corrected chi connectivity index (χ1v) is 9.40. The highest BCUT2D eigenvalue weighted by Gasteiger charge is 2.24. The zero-order valence-corrected chi connectivity index (χ0v) is 18.1. The number of carbonyl (C=O) groups is 1. The molecule has 0 saturated carbocycles. The highest BCUT2D eigenvalue weighted by atomic mass is 79.9. The number of hydrogen-bond donors (Lipinski definition) is 1. The van der Waals surface area contributed by atoms with Crippen LogP contribution in [-0.4, -0.2) is 32.4 Å². The molecule has 1 heterocycles. The van der Waals surface area contributed by atoms with Gasteiger partial charge in [-0.15, -0.1) is 0 Å². The molecule has 3 rings (SSSR count).